The van der Waals surface area contributed by atoms with Crippen LogP contribution in [-0.2, 0) is 17.1 Å². The third kappa shape index (κ3) is 37.9. The van der Waals surface area contributed by atoms with Crippen LogP contribution in [0.25, 0.3) is 0 Å². The third-order valence-electron chi connectivity index (χ3n) is 0.866. The third-order valence-corrected chi connectivity index (χ3v) is 0.866. The molecule has 0 saturated heterocycles. The van der Waals surface area contributed by atoms with E-state index in [1.807, 2.05) is 0 Å². The predicted octanol–water partition coefficient (Wildman–Crippen LogP) is 2.62. The molecule has 0 amide bonds. The molecule has 0 aromatic carbocycles. The SMILES string of the molecule is CC(C)(C)[CH-]C(C)(C)C.[C-]#N.[Cu+2].[Li].[Li]. The Bertz CT molecular complexity index is 110. The van der Waals surface area contributed by atoms with Gasteiger partial charge in [0.15, 0.2) is 0 Å². The van der Waals surface area contributed by atoms with E-state index in [0.29, 0.717) is 10.8 Å². The Morgan fingerprint density at radius 2 is 0.929 bits per heavy atom. The van der Waals surface area contributed by atoms with Crippen molar-refractivity contribution in [1.82, 2.24) is 0 Å². The van der Waals surface area contributed by atoms with Crippen molar-refractivity contribution in [2.45, 2.75) is 41.5 Å². The van der Waals surface area contributed by atoms with E-state index in [1.54, 1.807) is 0 Å². The van der Waals surface area contributed by atoms with Gasteiger partial charge in [0.2, 0.25) is 0 Å². The molecule has 0 atom stereocenters. The molecule has 4 heteroatoms. The van der Waals surface area contributed by atoms with E-state index < -0.39 is 0 Å². The molecule has 0 aromatic heterocycles. The zero-order valence-corrected chi connectivity index (χ0v) is 11.8. The molecule has 0 unspecified atom stereocenters. The second kappa shape index (κ2) is 12.3. The summed E-state index contributed by atoms with van der Waals surface area (Å²) in [6.07, 6.45) is 2.38. The number of rotatable bonds is 0. The first-order valence-electron chi connectivity index (χ1n) is 3.80. The molecule has 0 aromatic rings. The Hall–Kier alpha value is 1.20. The van der Waals surface area contributed by atoms with Gasteiger partial charge >= 0.3 is 17.1 Å². The Balaban J connectivity index is -0.0000000505. The van der Waals surface area contributed by atoms with Gasteiger partial charge in [0.05, 0.1) is 0 Å². The van der Waals surface area contributed by atoms with Crippen molar-refractivity contribution in [1.29, 1.82) is 5.26 Å². The molecule has 0 spiro atoms. The number of nitrogens with zero attached hydrogens (tertiary/aromatic N) is 1. The van der Waals surface area contributed by atoms with Gasteiger partial charge < -0.3 is 18.3 Å². The maximum atomic E-state index is 6.25. The van der Waals surface area contributed by atoms with Crippen LogP contribution in [0.1, 0.15) is 41.5 Å². The van der Waals surface area contributed by atoms with Crippen molar-refractivity contribution in [3.8, 4) is 0 Å². The fourth-order valence-electron chi connectivity index (χ4n) is 1.30. The Morgan fingerprint density at radius 1 is 0.786 bits per heavy atom. The van der Waals surface area contributed by atoms with Crippen molar-refractivity contribution >= 4 is 37.7 Å². The summed E-state index contributed by atoms with van der Waals surface area (Å²) in [5.74, 6) is 0. The van der Waals surface area contributed by atoms with E-state index >= 15 is 0 Å². The first-order valence-corrected chi connectivity index (χ1v) is 3.80. The summed E-state index contributed by atoms with van der Waals surface area (Å²) in [4.78, 5) is 0. The Morgan fingerprint density at radius 3 is 0.929 bits per heavy atom. The summed E-state index contributed by atoms with van der Waals surface area (Å²) >= 11 is 0. The summed E-state index contributed by atoms with van der Waals surface area (Å²) in [6, 6.07) is 0. The van der Waals surface area contributed by atoms with Gasteiger partial charge in [0.25, 0.3) is 0 Å². The molecular formula is C10H19CuLi2N. The first-order chi connectivity index (χ1) is 4.71. The molecule has 14 heavy (non-hydrogen) atoms. The van der Waals surface area contributed by atoms with Crippen LogP contribution in [0.5, 0.6) is 0 Å². The summed E-state index contributed by atoms with van der Waals surface area (Å²) < 4.78 is 0. The molecule has 0 rings (SSSR count). The van der Waals surface area contributed by atoms with Crippen LogP contribution in [0.4, 0.5) is 0 Å². The normalized spacial score (nSPS) is 9.14. The summed E-state index contributed by atoms with van der Waals surface area (Å²) in [5.41, 5.74) is 0.719. The largest absolute Gasteiger partial charge is 2.00 e. The van der Waals surface area contributed by atoms with Crippen molar-refractivity contribution in [3.63, 3.8) is 0 Å². The molecule has 0 N–H and O–H groups in total. The Labute approximate surface area is 125 Å². The molecule has 0 aliphatic carbocycles. The van der Waals surface area contributed by atoms with Crippen molar-refractivity contribution in [2.24, 2.45) is 10.8 Å². The first kappa shape index (κ1) is 29.5. The average Bonchev–Trinajstić information content (AvgIpc) is 1.60. The molecule has 0 fully saturated rings. The fourth-order valence-corrected chi connectivity index (χ4v) is 1.30. The summed E-state index contributed by atoms with van der Waals surface area (Å²) in [5, 5.41) is 6.25. The average molecular weight is 231 g/mol. The van der Waals surface area contributed by atoms with Gasteiger partial charge in [0.1, 0.15) is 0 Å². The van der Waals surface area contributed by atoms with Crippen LogP contribution >= 0.6 is 0 Å². The topological polar surface area (TPSA) is 23.8 Å². The fraction of sp³-hybridized carbons (Fsp3) is 0.800. The zero-order valence-electron chi connectivity index (χ0n) is 10.8. The molecule has 0 aliphatic rings. The van der Waals surface area contributed by atoms with E-state index in [0.717, 1.165) is 0 Å². The minimum Gasteiger partial charge on any atom is -0.512 e. The van der Waals surface area contributed by atoms with Gasteiger partial charge in [-0.15, -0.1) is 0 Å². The van der Waals surface area contributed by atoms with Crippen LogP contribution in [0, 0.1) is 29.1 Å². The van der Waals surface area contributed by atoms with E-state index in [-0.39, 0.29) is 54.8 Å². The molecule has 77 valence electrons. The maximum absolute atomic E-state index is 6.25. The second-order valence-electron chi connectivity index (χ2n) is 4.88. The van der Waals surface area contributed by atoms with Crippen molar-refractivity contribution < 1.29 is 17.1 Å². The molecule has 0 heterocycles. The predicted molar refractivity (Wildman–Crippen MR) is 59.7 cm³/mol. The van der Waals surface area contributed by atoms with Gasteiger partial charge in [-0.05, 0) is 0 Å². The van der Waals surface area contributed by atoms with Crippen molar-refractivity contribution in [2.75, 3.05) is 0 Å². The quantitative estimate of drug-likeness (QED) is 0.464. The van der Waals surface area contributed by atoms with E-state index in [4.69, 9.17) is 11.8 Å². The van der Waals surface area contributed by atoms with E-state index in [2.05, 4.69) is 48.0 Å². The minimum absolute atomic E-state index is 0. The van der Waals surface area contributed by atoms with Gasteiger partial charge in [0, 0.05) is 37.7 Å². The molecule has 3 radical (unpaired) electrons. The molecule has 1 nitrogen and oxygen atoms in total. The molecule has 0 aliphatic heterocycles. The van der Waals surface area contributed by atoms with Gasteiger partial charge in [-0.3, -0.25) is 0 Å². The van der Waals surface area contributed by atoms with Gasteiger partial charge in [-0.1, -0.05) is 41.5 Å². The van der Waals surface area contributed by atoms with Gasteiger partial charge in [-0.25, -0.2) is 0 Å². The molecular weight excluding hydrogens is 212 g/mol. The van der Waals surface area contributed by atoms with Gasteiger partial charge in [-0.2, -0.15) is 10.8 Å². The van der Waals surface area contributed by atoms with Crippen LogP contribution < -0.4 is 0 Å². The maximum Gasteiger partial charge on any atom is 2.00 e. The van der Waals surface area contributed by atoms with Crippen molar-refractivity contribution in [3.05, 3.63) is 13.0 Å². The monoisotopic (exact) mass is 230 g/mol. The Kier molecular flexibility index (Phi) is 25.8. The van der Waals surface area contributed by atoms with E-state index in [1.165, 1.54) is 0 Å². The van der Waals surface area contributed by atoms with Crippen LogP contribution in [0.3, 0.4) is 0 Å². The van der Waals surface area contributed by atoms with Crippen LogP contribution in [0.15, 0.2) is 0 Å². The number of hydrogen-bond acceptors (Lipinski definition) is 1. The smallest absolute Gasteiger partial charge is 0.512 e. The standard InChI is InChI=1S/C9H19.CN.Cu.2Li/c1-8(2,3)7-9(4,5)6;1-2;;;/h7H,1-6H3;;;;/q2*-1;+2;;. The number of hydrogen-bond donors (Lipinski definition) is 0. The van der Waals surface area contributed by atoms with Crippen LogP contribution in [-0.4, -0.2) is 37.7 Å². The second-order valence-corrected chi connectivity index (χ2v) is 4.88. The molecule has 0 bridgehead atoms. The van der Waals surface area contributed by atoms with Crippen LogP contribution in [0.2, 0.25) is 0 Å². The zero-order chi connectivity index (χ0) is 9.71. The molecule has 0 saturated carbocycles. The summed E-state index contributed by atoms with van der Waals surface area (Å²) in [6.45, 7) is 18.2. The minimum atomic E-state index is 0. The van der Waals surface area contributed by atoms with E-state index in [9.17, 15) is 0 Å². The summed E-state index contributed by atoms with van der Waals surface area (Å²) in [7, 11) is 0.